The monoisotopic (exact) mass is 380 g/mol. The zero-order chi connectivity index (χ0) is 18.6. The van der Waals surface area contributed by atoms with E-state index in [2.05, 4.69) is 5.32 Å². The molecule has 10 heteroatoms. The Balaban J connectivity index is 2.07. The number of benzene rings is 1. The van der Waals surface area contributed by atoms with E-state index in [1.54, 1.807) is 0 Å². The van der Waals surface area contributed by atoms with Gasteiger partial charge in [0.2, 0.25) is 15.9 Å². The lowest BCUT2D eigenvalue weighted by atomic mass is 9.99. The molecule has 1 N–H and O–H groups in total. The van der Waals surface area contributed by atoms with Crippen molar-refractivity contribution in [2.24, 2.45) is 5.92 Å². The molecule has 0 saturated carbocycles. The fraction of sp³-hybridized carbons (Fsp3) is 0.533. The maximum Gasteiger partial charge on any atom is 0.232 e. The van der Waals surface area contributed by atoms with Crippen LogP contribution in [-0.2, 0) is 19.6 Å². The van der Waals surface area contributed by atoms with Crippen LogP contribution in [0.1, 0.15) is 12.8 Å². The second-order valence-corrected chi connectivity index (χ2v) is 7.61. The summed E-state index contributed by atoms with van der Waals surface area (Å²) in [5.41, 5.74) is -0.610. The van der Waals surface area contributed by atoms with E-state index in [4.69, 9.17) is 4.74 Å². The summed E-state index contributed by atoms with van der Waals surface area (Å²) in [5, 5.41) is 2.58. The molecule has 0 radical (unpaired) electrons. The number of amides is 1. The Labute approximate surface area is 144 Å². The minimum atomic E-state index is -3.96. The molecule has 0 bridgehead atoms. The van der Waals surface area contributed by atoms with Crippen molar-refractivity contribution in [3.8, 4) is 0 Å². The summed E-state index contributed by atoms with van der Waals surface area (Å²) in [6.45, 7) is 0.554. The van der Waals surface area contributed by atoms with Crippen molar-refractivity contribution in [3.05, 3.63) is 29.6 Å². The Bertz CT molecular complexity index is 737. The predicted molar refractivity (Wildman–Crippen MR) is 85.1 cm³/mol. The van der Waals surface area contributed by atoms with Crippen LogP contribution in [0.15, 0.2) is 12.1 Å². The van der Waals surface area contributed by atoms with Gasteiger partial charge in [0.05, 0.1) is 18.5 Å². The van der Waals surface area contributed by atoms with Gasteiger partial charge < -0.3 is 10.1 Å². The van der Waals surface area contributed by atoms with Gasteiger partial charge in [0.1, 0.15) is 0 Å². The highest BCUT2D eigenvalue weighted by molar-refractivity contribution is 7.92. The van der Waals surface area contributed by atoms with Crippen LogP contribution >= 0.6 is 0 Å². The first-order valence-corrected chi connectivity index (χ1v) is 9.53. The van der Waals surface area contributed by atoms with Crippen LogP contribution in [-0.4, -0.2) is 46.9 Å². The number of halogens is 3. The SMILES string of the molecule is CS(=O)(=O)N(CCNC(=O)C1CCOCC1)c1ccc(F)c(F)c1F. The summed E-state index contributed by atoms with van der Waals surface area (Å²) in [5.74, 6) is -5.23. The highest BCUT2D eigenvalue weighted by Crippen LogP contribution is 2.25. The smallest absolute Gasteiger partial charge is 0.232 e. The fourth-order valence-corrected chi connectivity index (χ4v) is 3.48. The molecule has 1 aromatic rings. The van der Waals surface area contributed by atoms with Gasteiger partial charge >= 0.3 is 0 Å². The van der Waals surface area contributed by atoms with Gasteiger partial charge in [-0.05, 0) is 25.0 Å². The van der Waals surface area contributed by atoms with Crippen molar-refractivity contribution in [2.45, 2.75) is 12.8 Å². The lowest BCUT2D eigenvalue weighted by molar-refractivity contribution is -0.127. The standard InChI is InChI=1S/C15H19F3N2O4S/c1-25(22,23)20(12-3-2-11(16)13(17)14(12)18)7-6-19-15(21)10-4-8-24-9-5-10/h2-3,10H,4-9H2,1H3,(H,19,21). The molecule has 0 spiro atoms. The summed E-state index contributed by atoms with van der Waals surface area (Å²) in [7, 11) is -3.96. The molecule has 0 aromatic heterocycles. The summed E-state index contributed by atoms with van der Waals surface area (Å²) >= 11 is 0. The molecular formula is C15H19F3N2O4S. The van der Waals surface area contributed by atoms with Crippen LogP contribution in [0.25, 0.3) is 0 Å². The van der Waals surface area contributed by atoms with Gasteiger partial charge in [0, 0.05) is 25.7 Å². The van der Waals surface area contributed by atoms with Crippen LogP contribution in [0, 0.1) is 23.4 Å². The van der Waals surface area contributed by atoms with Crippen molar-refractivity contribution < 1.29 is 31.1 Å². The number of carbonyl (C=O) groups excluding carboxylic acids is 1. The number of carbonyl (C=O) groups is 1. The second kappa shape index (κ2) is 8.05. The van der Waals surface area contributed by atoms with Gasteiger partial charge in [0.25, 0.3) is 0 Å². The fourth-order valence-electron chi connectivity index (χ4n) is 2.56. The number of hydrogen-bond donors (Lipinski definition) is 1. The van der Waals surface area contributed by atoms with E-state index in [0.29, 0.717) is 36.4 Å². The van der Waals surface area contributed by atoms with Crippen molar-refractivity contribution in [2.75, 3.05) is 36.9 Å². The highest BCUT2D eigenvalue weighted by Gasteiger charge is 2.25. The molecule has 1 amide bonds. The number of hydrogen-bond acceptors (Lipinski definition) is 4. The van der Waals surface area contributed by atoms with Gasteiger partial charge in [0.15, 0.2) is 17.5 Å². The lowest BCUT2D eigenvalue weighted by Gasteiger charge is -2.25. The van der Waals surface area contributed by atoms with Crippen LogP contribution in [0.3, 0.4) is 0 Å². The summed E-state index contributed by atoms with van der Waals surface area (Å²) in [4.78, 5) is 12.0. The first-order valence-electron chi connectivity index (χ1n) is 7.68. The largest absolute Gasteiger partial charge is 0.381 e. The minimum absolute atomic E-state index is 0.0955. The molecule has 1 aliphatic rings. The maximum absolute atomic E-state index is 13.9. The van der Waals surface area contributed by atoms with E-state index in [-0.39, 0.29) is 24.9 Å². The molecule has 1 saturated heterocycles. The third-order valence-corrected chi connectivity index (χ3v) is 5.07. The molecule has 1 aromatic carbocycles. The molecule has 0 unspecified atom stereocenters. The third-order valence-electron chi connectivity index (χ3n) is 3.89. The number of nitrogens with zero attached hydrogens (tertiary/aromatic N) is 1. The Morgan fingerprint density at radius 1 is 1.24 bits per heavy atom. The van der Waals surface area contributed by atoms with Crippen molar-refractivity contribution in [3.63, 3.8) is 0 Å². The number of anilines is 1. The zero-order valence-corrected chi connectivity index (χ0v) is 14.4. The highest BCUT2D eigenvalue weighted by atomic mass is 32.2. The van der Waals surface area contributed by atoms with E-state index in [1.165, 1.54) is 0 Å². The Kier molecular flexibility index (Phi) is 6.28. The van der Waals surface area contributed by atoms with E-state index in [1.807, 2.05) is 0 Å². The maximum atomic E-state index is 13.9. The number of rotatable bonds is 6. The van der Waals surface area contributed by atoms with Gasteiger partial charge in [-0.15, -0.1) is 0 Å². The Hall–Kier alpha value is -1.81. The molecule has 2 rings (SSSR count). The molecule has 1 aliphatic heterocycles. The van der Waals surface area contributed by atoms with Crippen LogP contribution in [0.5, 0.6) is 0 Å². The number of sulfonamides is 1. The average Bonchev–Trinajstić information content (AvgIpc) is 2.57. The molecule has 25 heavy (non-hydrogen) atoms. The first kappa shape index (κ1) is 19.5. The summed E-state index contributed by atoms with van der Waals surface area (Å²) in [6, 6.07) is 1.49. The topological polar surface area (TPSA) is 75.7 Å². The minimum Gasteiger partial charge on any atom is -0.381 e. The van der Waals surface area contributed by atoms with Gasteiger partial charge in [-0.3, -0.25) is 9.10 Å². The molecular weight excluding hydrogens is 361 g/mol. The second-order valence-electron chi connectivity index (χ2n) is 5.71. The average molecular weight is 380 g/mol. The van der Waals surface area contributed by atoms with Crippen molar-refractivity contribution in [1.29, 1.82) is 0 Å². The van der Waals surface area contributed by atoms with Gasteiger partial charge in [-0.25, -0.2) is 21.6 Å². The molecule has 1 heterocycles. The first-order chi connectivity index (χ1) is 11.7. The predicted octanol–water partition coefficient (Wildman–Crippen LogP) is 1.41. The number of ether oxygens (including phenoxy) is 1. The lowest BCUT2D eigenvalue weighted by Crippen LogP contribution is -2.41. The van der Waals surface area contributed by atoms with Crippen molar-refractivity contribution >= 4 is 21.6 Å². The van der Waals surface area contributed by atoms with E-state index in [0.717, 1.165) is 12.3 Å². The van der Waals surface area contributed by atoms with Gasteiger partial charge in [-0.1, -0.05) is 0 Å². The summed E-state index contributed by atoms with van der Waals surface area (Å²) < 4.78 is 69.8. The van der Waals surface area contributed by atoms with Crippen LogP contribution in [0.2, 0.25) is 0 Å². The van der Waals surface area contributed by atoms with E-state index < -0.39 is 33.2 Å². The molecule has 6 nitrogen and oxygen atoms in total. The Morgan fingerprint density at radius 2 is 1.88 bits per heavy atom. The van der Waals surface area contributed by atoms with E-state index >= 15 is 0 Å². The number of nitrogens with one attached hydrogen (secondary N) is 1. The molecule has 0 aliphatic carbocycles. The van der Waals surface area contributed by atoms with Crippen LogP contribution < -0.4 is 9.62 Å². The quantitative estimate of drug-likeness (QED) is 0.758. The molecule has 0 atom stereocenters. The van der Waals surface area contributed by atoms with Crippen molar-refractivity contribution in [1.82, 2.24) is 5.32 Å². The van der Waals surface area contributed by atoms with Gasteiger partial charge in [-0.2, -0.15) is 0 Å². The summed E-state index contributed by atoms with van der Waals surface area (Å²) in [6.07, 6.45) is 1.95. The van der Waals surface area contributed by atoms with Crippen LogP contribution in [0.4, 0.5) is 18.9 Å². The van der Waals surface area contributed by atoms with E-state index in [9.17, 15) is 26.4 Å². The molecule has 140 valence electrons. The third kappa shape index (κ3) is 4.85. The normalized spacial score (nSPS) is 15.8. The molecule has 1 fully saturated rings. The zero-order valence-electron chi connectivity index (χ0n) is 13.6. The Morgan fingerprint density at radius 3 is 2.48 bits per heavy atom.